The first-order valence-corrected chi connectivity index (χ1v) is 8.01. The standard InChI is InChI=1S/C15H27N3O3/c1-3-16-15(20)13-10-21-8-7-18(13)14(19)9-12-11(2)5-4-6-17-12/h11-13,17H,3-10H2,1-2H3,(H,16,20). The van der Waals surface area contributed by atoms with Gasteiger partial charge in [0.2, 0.25) is 11.8 Å². The van der Waals surface area contributed by atoms with Crippen LogP contribution in [0.15, 0.2) is 0 Å². The molecular weight excluding hydrogens is 270 g/mol. The average molecular weight is 297 g/mol. The Balaban J connectivity index is 1.96. The number of hydrogen-bond donors (Lipinski definition) is 2. The summed E-state index contributed by atoms with van der Waals surface area (Å²) in [6.07, 6.45) is 2.80. The fourth-order valence-electron chi connectivity index (χ4n) is 3.10. The molecule has 0 aromatic carbocycles. The number of nitrogens with one attached hydrogen (secondary N) is 2. The molecule has 2 aliphatic heterocycles. The fourth-order valence-corrected chi connectivity index (χ4v) is 3.10. The lowest BCUT2D eigenvalue weighted by Gasteiger charge is -2.37. The van der Waals surface area contributed by atoms with Gasteiger partial charge in [0.1, 0.15) is 6.04 Å². The summed E-state index contributed by atoms with van der Waals surface area (Å²) in [5.41, 5.74) is 0. The summed E-state index contributed by atoms with van der Waals surface area (Å²) in [5, 5.41) is 6.21. The largest absolute Gasteiger partial charge is 0.377 e. The lowest BCUT2D eigenvalue weighted by atomic mass is 9.90. The minimum absolute atomic E-state index is 0.0563. The summed E-state index contributed by atoms with van der Waals surface area (Å²) in [4.78, 5) is 26.3. The van der Waals surface area contributed by atoms with Crippen LogP contribution in [-0.2, 0) is 14.3 Å². The minimum atomic E-state index is -0.481. The zero-order chi connectivity index (χ0) is 15.2. The number of morpholine rings is 1. The molecule has 0 saturated carbocycles. The Labute approximate surface area is 126 Å². The summed E-state index contributed by atoms with van der Waals surface area (Å²) >= 11 is 0. The van der Waals surface area contributed by atoms with E-state index in [1.54, 1.807) is 4.90 Å². The van der Waals surface area contributed by atoms with Gasteiger partial charge < -0.3 is 20.3 Å². The van der Waals surface area contributed by atoms with Crippen LogP contribution in [-0.4, -0.2) is 61.6 Å². The molecule has 2 rings (SSSR count). The SMILES string of the molecule is CCNC(=O)C1COCCN1C(=O)CC1NCCCC1C. The van der Waals surface area contributed by atoms with E-state index in [9.17, 15) is 9.59 Å². The van der Waals surface area contributed by atoms with Crippen LogP contribution >= 0.6 is 0 Å². The summed E-state index contributed by atoms with van der Waals surface area (Å²) in [5.74, 6) is 0.447. The molecule has 2 fully saturated rings. The second kappa shape index (κ2) is 7.75. The molecule has 2 aliphatic rings. The number of likely N-dealkylation sites (N-methyl/N-ethyl adjacent to an activating group) is 1. The summed E-state index contributed by atoms with van der Waals surface area (Å²) in [7, 11) is 0. The summed E-state index contributed by atoms with van der Waals surface area (Å²) < 4.78 is 5.37. The molecule has 0 spiro atoms. The highest BCUT2D eigenvalue weighted by molar-refractivity contribution is 5.88. The first-order valence-electron chi connectivity index (χ1n) is 8.01. The molecule has 0 aromatic rings. The quantitative estimate of drug-likeness (QED) is 0.774. The lowest BCUT2D eigenvalue weighted by Crippen LogP contribution is -2.57. The normalized spacial score (nSPS) is 30.0. The third kappa shape index (κ3) is 4.17. The third-order valence-corrected chi connectivity index (χ3v) is 4.43. The second-order valence-corrected chi connectivity index (χ2v) is 5.96. The van der Waals surface area contributed by atoms with E-state index in [1.807, 2.05) is 6.92 Å². The molecular formula is C15H27N3O3. The maximum Gasteiger partial charge on any atom is 0.245 e. The Morgan fingerprint density at radius 3 is 2.95 bits per heavy atom. The minimum Gasteiger partial charge on any atom is -0.377 e. The zero-order valence-corrected chi connectivity index (χ0v) is 13.1. The highest BCUT2D eigenvalue weighted by Crippen LogP contribution is 2.20. The lowest BCUT2D eigenvalue weighted by molar-refractivity contribution is -0.149. The van der Waals surface area contributed by atoms with Crippen molar-refractivity contribution in [2.24, 2.45) is 5.92 Å². The van der Waals surface area contributed by atoms with Gasteiger partial charge in [0.25, 0.3) is 0 Å². The van der Waals surface area contributed by atoms with Gasteiger partial charge >= 0.3 is 0 Å². The van der Waals surface area contributed by atoms with Crippen molar-refractivity contribution in [1.82, 2.24) is 15.5 Å². The molecule has 3 atom stereocenters. The van der Waals surface area contributed by atoms with Gasteiger partial charge in [-0.05, 0) is 32.2 Å². The molecule has 0 aromatic heterocycles. The second-order valence-electron chi connectivity index (χ2n) is 5.96. The topological polar surface area (TPSA) is 70.7 Å². The molecule has 120 valence electrons. The van der Waals surface area contributed by atoms with E-state index in [0.29, 0.717) is 38.6 Å². The van der Waals surface area contributed by atoms with E-state index >= 15 is 0 Å². The van der Waals surface area contributed by atoms with E-state index in [1.165, 1.54) is 6.42 Å². The zero-order valence-electron chi connectivity index (χ0n) is 13.1. The molecule has 2 amide bonds. The smallest absolute Gasteiger partial charge is 0.245 e. The van der Waals surface area contributed by atoms with E-state index in [0.717, 1.165) is 13.0 Å². The van der Waals surface area contributed by atoms with Crippen molar-refractivity contribution in [1.29, 1.82) is 0 Å². The van der Waals surface area contributed by atoms with Crippen LogP contribution < -0.4 is 10.6 Å². The van der Waals surface area contributed by atoms with E-state index in [-0.39, 0.29) is 17.9 Å². The molecule has 0 aliphatic carbocycles. The van der Waals surface area contributed by atoms with Gasteiger partial charge in [-0.25, -0.2) is 0 Å². The molecule has 2 saturated heterocycles. The van der Waals surface area contributed by atoms with Crippen LogP contribution in [0.5, 0.6) is 0 Å². The van der Waals surface area contributed by atoms with E-state index in [4.69, 9.17) is 4.74 Å². The van der Waals surface area contributed by atoms with Crippen LogP contribution in [0, 0.1) is 5.92 Å². The van der Waals surface area contributed by atoms with Gasteiger partial charge in [-0.1, -0.05) is 6.92 Å². The summed E-state index contributed by atoms with van der Waals surface area (Å²) in [6.45, 7) is 6.91. The number of ether oxygens (including phenoxy) is 1. The van der Waals surface area contributed by atoms with Crippen LogP contribution in [0.3, 0.4) is 0 Å². The van der Waals surface area contributed by atoms with Crippen molar-refractivity contribution in [2.75, 3.05) is 32.8 Å². The van der Waals surface area contributed by atoms with Crippen LogP contribution in [0.2, 0.25) is 0 Å². The Morgan fingerprint density at radius 1 is 1.43 bits per heavy atom. The number of piperidine rings is 1. The number of nitrogens with zero attached hydrogens (tertiary/aromatic N) is 1. The predicted octanol–water partition coefficient (Wildman–Crippen LogP) is 0.128. The van der Waals surface area contributed by atoms with Gasteiger partial charge in [0, 0.05) is 25.6 Å². The Bertz CT molecular complexity index is 375. The molecule has 0 bridgehead atoms. The van der Waals surface area contributed by atoms with Crippen molar-refractivity contribution < 1.29 is 14.3 Å². The molecule has 6 heteroatoms. The van der Waals surface area contributed by atoms with Gasteiger partial charge in [0.15, 0.2) is 0 Å². The van der Waals surface area contributed by atoms with Gasteiger partial charge in [-0.3, -0.25) is 9.59 Å². The molecule has 2 heterocycles. The van der Waals surface area contributed by atoms with Gasteiger partial charge in [-0.2, -0.15) is 0 Å². The van der Waals surface area contributed by atoms with Crippen molar-refractivity contribution in [3.63, 3.8) is 0 Å². The van der Waals surface area contributed by atoms with Crippen LogP contribution in [0.4, 0.5) is 0 Å². The number of carbonyl (C=O) groups is 2. The van der Waals surface area contributed by atoms with Gasteiger partial charge in [0.05, 0.1) is 13.2 Å². The highest BCUT2D eigenvalue weighted by Gasteiger charge is 2.34. The van der Waals surface area contributed by atoms with E-state index in [2.05, 4.69) is 17.6 Å². The third-order valence-electron chi connectivity index (χ3n) is 4.43. The van der Waals surface area contributed by atoms with Crippen molar-refractivity contribution in [3.8, 4) is 0 Å². The molecule has 0 radical (unpaired) electrons. The molecule has 6 nitrogen and oxygen atoms in total. The average Bonchev–Trinajstić information content (AvgIpc) is 2.50. The predicted molar refractivity (Wildman–Crippen MR) is 79.8 cm³/mol. The first-order chi connectivity index (χ1) is 10.1. The van der Waals surface area contributed by atoms with Crippen LogP contribution in [0.25, 0.3) is 0 Å². The number of amides is 2. The number of hydrogen-bond acceptors (Lipinski definition) is 4. The van der Waals surface area contributed by atoms with Crippen molar-refractivity contribution in [3.05, 3.63) is 0 Å². The maximum atomic E-state index is 12.6. The number of rotatable bonds is 4. The van der Waals surface area contributed by atoms with Crippen molar-refractivity contribution in [2.45, 2.75) is 45.2 Å². The Kier molecular flexibility index (Phi) is 5.99. The Hall–Kier alpha value is -1.14. The van der Waals surface area contributed by atoms with Crippen molar-refractivity contribution >= 4 is 11.8 Å². The Morgan fingerprint density at radius 2 is 2.24 bits per heavy atom. The monoisotopic (exact) mass is 297 g/mol. The maximum absolute atomic E-state index is 12.6. The molecule has 21 heavy (non-hydrogen) atoms. The first kappa shape index (κ1) is 16.2. The van der Waals surface area contributed by atoms with E-state index < -0.39 is 6.04 Å². The molecule has 3 unspecified atom stereocenters. The number of carbonyl (C=O) groups excluding carboxylic acids is 2. The fraction of sp³-hybridized carbons (Fsp3) is 0.867. The molecule has 2 N–H and O–H groups in total. The van der Waals surface area contributed by atoms with Crippen LogP contribution in [0.1, 0.15) is 33.1 Å². The summed E-state index contributed by atoms with van der Waals surface area (Å²) in [6, 6.07) is -0.255. The highest BCUT2D eigenvalue weighted by atomic mass is 16.5. The van der Waals surface area contributed by atoms with Gasteiger partial charge in [-0.15, -0.1) is 0 Å².